The molecule has 0 atom stereocenters. The first-order valence-corrected chi connectivity index (χ1v) is 9.21. The molecule has 9 heteroatoms. The molecule has 8 nitrogen and oxygen atoms in total. The number of hydrogen-bond acceptors (Lipinski definition) is 6. The highest BCUT2D eigenvalue weighted by Crippen LogP contribution is 2.32. The lowest BCUT2D eigenvalue weighted by Gasteiger charge is -2.09. The van der Waals surface area contributed by atoms with E-state index in [1.807, 2.05) is 6.92 Å². The summed E-state index contributed by atoms with van der Waals surface area (Å²) in [6.07, 6.45) is 0. The van der Waals surface area contributed by atoms with E-state index in [0.29, 0.717) is 21.8 Å². The van der Waals surface area contributed by atoms with Gasteiger partial charge in [0.05, 0.1) is 5.56 Å². The smallest absolute Gasteiger partial charge is 0.341 e. The lowest BCUT2D eigenvalue weighted by atomic mass is 10.1. The Kier molecular flexibility index (Phi) is 6.89. The molecule has 2 aromatic rings. The number of anilines is 2. The van der Waals surface area contributed by atoms with Gasteiger partial charge >= 0.3 is 5.97 Å². The number of esters is 1. The number of carbonyl (C=O) groups is 4. The SMILES string of the molecule is CNC(=O)c1ccc(NC(=O)COC(=O)c2c(NC(C)=O)sc(C)c2C)cc1. The van der Waals surface area contributed by atoms with Crippen LogP contribution >= 0.6 is 11.3 Å². The van der Waals surface area contributed by atoms with E-state index in [2.05, 4.69) is 16.0 Å². The minimum atomic E-state index is -0.685. The molecule has 0 bridgehead atoms. The zero-order chi connectivity index (χ0) is 20.8. The molecule has 0 fully saturated rings. The third-order valence-electron chi connectivity index (χ3n) is 3.87. The summed E-state index contributed by atoms with van der Waals surface area (Å²) in [5, 5.41) is 8.10. The van der Waals surface area contributed by atoms with Crippen LogP contribution in [0.5, 0.6) is 0 Å². The summed E-state index contributed by atoms with van der Waals surface area (Å²) in [6.45, 7) is 4.45. The van der Waals surface area contributed by atoms with Gasteiger partial charge in [-0.2, -0.15) is 0 Å². The normalized spacial score (nSPS) is 10.1. The average molecular weight is 403 g/mol. The fourth-order valence-corrected chi connectivity index (χ4v) is 3.46. The molecule has 0 saturated heterocycles. The van der Waals surface area contributed by atoms with Crippen LogP contribution in [0.25, 0.3) is 0 Å². The Morgan fingerprint density at radius 2 is 1.68 bits per heavy atom. The maximum atomic E-state index is 12.4. The van der Waals surface area contributed by atoms with Crippen molar-refractivity contribution in [1.29, 1.82) is 0 Å². The van der Waals surface area contributed by atoms with Crippen molar-refractivity contribution >= 4 is 45.7 Å². The molecular weight excluding hydrogens is 382 g/mol. The molecule has 0 aliphatic rings. The predicted octanol–water partition coefficient (Wildman–Crippen LogP) is 2.48. The minimum Gasteiger partial charge on any atom is -0.452 e. The molecule has 1 aromatic heterocycles. The number of carbonyl (C=O) groups excluding carboxylic acids is 4. The maximum absolute atomic E-state index is 12.4. The van der Waals surface area contributed by atoms with Crippen molar-refractivity contribution in [2.24, 2.45) is 0 Å². The van der Waals surface area contributed by atoms with Crippen molar-refractivity contribution in [3.8, 4) is 0 Å². The third kappa shape index (κ3) is 5.17. The quantitative estimate of drug-likeness (QED) is 0.641. The Morgan fingerprint density at radius 3 is 2.25 bits per heavy atom. The molecule has 1 aromatic carbocycles. The molecule has 0 aliphatic carbocycles. The summed E-state index contributed by atoms with van der Waals surface area (Å²) >= 11 is 1.27. The van der Waals surface area contributed by atoms with E-state index in [1.165, 1.54) is 25.3 Å². The molecule has 0 unspecified atom stereocenters. The molecule has 0 saturated carbocycles. The van der Waals surface area contributed by atoms with E-state index >= 15 is 0 Å². The van der Waals surface area contributed by atoms with Crippen molar-refractivity contribution in [3.05, 3.63) is 45.8 Å². The lowest BCUT2D eigenvalue weighted by Crippen LogP contribution is -2.22. The van der Waals surface area contributed by atoms with Gasteiger partial charge in [-0.25, -0.2) is 4.79 Å². The number of amides is 3. The highest BCUT2D eigenvalue weighted by molar-refractivity contribution is 7.16. The van der Waals surface area contributed by atoms with Gasteiger partial charge in [-0.05, 0) is 43.7 Å². The van der Waals surface area contributed by atoms with Crippen LogP contribution in [0.2, 0.25) is 0 Å². The predicted molar refractivity (Wildman–Crippen MR) is 107 cm³/mol. The molecular formula is C19H21N3O5S. The molecule has 0 radical (unpaired) electrons. The Hall–Kier alpha value is -3.20. The molecule has 3 N–H and O–H groups in total. The van der Waals surface area contributed by atoms with Gasteiger partial charge in [-0.15, -0.1) is 11.3 Å². The van der Waals surface area contributed by atoms with E-state index in [1.54, 1.807) is 31.2 Å². The molecule has 0 aliphatic heterocycles. The number of rotatable bonds is 6. The standard InChI is InChI=1S/C19H21N3O5S/c1-10-11(2)28-18(21-12(3)23)16(10)19(26)27-9-15(24)22-14-7-5-13(6-8-14)17(25)20-4/h5-8H,9H2,1-4H3,(H,20,25)(H,21,23)(H,22,24). The van der Waals surface area contributed by atoms with Gasteiger partial charge in [0.1, 0.15) is 5.00 Å². The summed E-state index contributed by atoms with van der Waals surface area (Å²) in [5.74, 6) is -1.74. The summed E-state index contributed by atoms with van der Waals surface area (Å²) < 4.78 is 5.10. The van der Waals surface area contributed by atoms with Gasteiger partial charge < -0.3 is 20.7 Å². The first-order chi connectivity index (χ1) is 13.2. The molecule has 0 spiro atoms. The summed E-state index contributed by atoms with van der Waals surface area (Å²) in [6, 6.07) is 6.28. The molecule has 2 rings (SSSR count). The van der Waals surface area contributed by atoms with Crippen molar-refractivity contribution in [3.63, 3.8) is 0 Å². The fourth-order valence-electron chi connectivity index (χ4n) is 2.37. The second-order valence-electron chi connectivity index (χ2n) is 5.95. The number of benzene rings is 1. The highest BCUT2D eigenvalue weighted by atomic mass is 32.1. The van der Waals surface area contributed by atoms with E-state index in [0.717, 1.165) is 4.88 Å². The van der Waals surface area contributed by atoms with Crippen LogP contribution < -0.4 is 16.0 Å². The van der Waals surface area contributed by atoms with Gasteiger partial charge in [0.2, 0.25) is 5.91 Å². The minimum absolute atomic E-state index is 0.233. The van der Waals surface area contributed by atoms with Crippen LogP contribution in [0, 0.1) is 13.8 Å². The first kappa shape index (κ1) is 21.1. The fraction of sp³-hybridized carbons (Fsp3) is 0.263. The van der Waals surface area contributed by atoms with E-state index in [-0.39, 0.29) is 17.4 Å². The number of nitrogens with one attached hydrogen (secondary N) is 3. The number of aryl methyl sites for hydroxylation is 1. The average Bonchev–Trinajstić information content (AvgIpc) is 2.92. The summed E-state index contributed by atoms with van der Waals surface area (Å²) in [5.41, 5.74) is 1.88. The Balaban J connectivity index is 1.98. The third-order valence-corrected chi connectivity index (χ3v) is 4.99. The van der Waals surface area contributed by atoms with Gasteiger partial charge in [0.15, 0.2) is 6.61 Å². The molecule has 28 heavy (non-hydrogen) atoms. The van der Waals surface area contributed by atoms with E-state index in [4.69, 9.17) is 4.74 Å². The van der Waals surface area contributed by atoms with Crippen molar-refractivity contribution in [2.45, 2.75) is 20.8 Å². The van der Waals surface area contributed by atoms with Crippen molar-refractivity contribution in [1.82, 2.24) is 5.32 Å². The second kappa shape index (κ2) is 9.14. The van der Waals surface area contributed by atoms with Crippen molar-refractivity contribution in [2.75, 3.05) is 24.3 Å². The second-order valence-corrected chi connectivity index (χ2v) is 7.17. The molecule has 1 heterocycles. The summed E-state index contributed by atoms with van der Waals surface area (Å²) in [4.78, 5) is 48.1. The van der Waals surface area contributed by atoms with Crippen LogP contribution in [0.1, 0.15) is 38.1 Å². The van der Waals surface area contributed by atoms with Gasteiger partial charge in [-0.3, -0.25) is 14.4 Å². The number of hydrogen-bond donors (Lipinski definition) is 3. The van der Waals surface area contributed by atoms with E-state index in [9.17, 15) is 19.2 Å². The van der Waals surface area contributed by atoms with Crippen LogP contribution in [-0.4, -0.2) is 37.3 Å². The Bertz CT molecular complexity index is 918. The first-order valence-electron chi connectivity index (χ1n) is 8.39. The molecule has 3 amide bonds. The number of thiophene rings is 1. The van der Waals surface area contributed by atoms with Crippen LogP contribution in [0.4, 0.5) is 10.7 Å². The van der Waals surface area contributed by atoms with Gasteiger partial charge in [-0.1, -0.05) is 0 Å². The Labute approximate surface area is 166 Å². The number of ether oxygens (including phenoxy) is 1. The highest BCUT2D eigenvalue weighted by Gasteiger charge is 2.22. The van der Waals surface area contributed by atoms with Crippen LogP contribution in [-0.2, 0) is 14.3 Å². The van der Waals surface area contributed by atoms with Crippen molar-refractivity contribution < 1.29 is 23.9 Å². The molecule has 148 valence electrons. The topological polar surface area (TPSA) is 114 Å². The van der Waals surface area contributed by atoms with Crippen LogP contribution in [0.15, 0.2) is 24.3 Å². The Morgan fingerprint density at radius 1 is 1.04 bits per heavy atom. The maximum Gasteiger partial charge on any atom is 0.341 e. The van der Waals surface area contributed by atoms with Gasteiger partial charge in [0, 0.05) is 30.1 Å². The monoisotopic (exact) mass is 403 g/mol. The van der Waals surface area contributed by atoms with E-state index < -0.39 is 18.5 Å². The van der Waals surface area contributed by atoms with Gasteiger partial charge in [0.25, 0.3) is 11.8 Å². The lowest BCUT2D eigenvalue weighted by molar-refractivity contribution is -0.119. The van der Waals surface area contributed by atoms with Crippen LogP contribution in [0.3, 0.4) is 0 Å². The summed E-state index contributed by atoms with van der Waals surface area (Å²) in [7, 11) is 1.53. The zero-order valence-corrected chi connectivity index (χ0v) is 16.8. The zero-order valence-electron chi connectivity index (χ0n) is 16.0. The largest absolute Gasteiger partial charge is 0.452 e.